The maximum Gasteiger partial charge on any atom is 0.259 e. The molecule has 2 aliphatic rings. The fraction of sp³-hybridized carbons (Fsp3) is 0.476. The molecule has 2 saturated heterocycles. The molecule has 0 saturated carbocycles. The molecule has 2 atom stereocenters. The first-order chi connectivity index (χ1) is 15.0. The maximum absolute atomic E-state index is 13.4. The van der Waals surface area contributed by atoms with Crippen LogP contribution < -0.4 is 4.90 Å². The van der Waals surface area contributed by atoms with Crippen molar-refractivity contribution in [3.63, 3.8) is 0 Å². The summed E-state index contributed by atoms with van der Waals surface area (Å²) in [6, 6.07) is 1.84. The lowest BCUT2D eigenvalue weighted by Crippen LogP contribution is -2.47. The van der Waals surface area contributed by atoms with Crippen LogP contribution in [0.25, 0.3) is 5.82 Å². The fourth-order valence-corrected chi connectivity index (χ4v) is 4.38. The Labute approximate surface area is 179 Å². The molecule has 5 heterocycles. The van der Waals surface area contributed by atoms with Crippen molar-refractivity contribution >= 4 is 11.7 Å². The Kier molecular flexibility index (Phi) is 4.93. The standard InChI is InChI=1S/C21H25N7O3/c1-13-5-24-28(6-13)19-4-18(22-12-23-19)26-7-16-8-27(17(9-26)11-30-10-16)21(29)20-14(2)25-31-15(20)3/h4-6,12,16-17H,7-11H2,1-3H3/t16-,17-/m0/s1. The van der Waals surface area contributed by atoms with Crippen molar-refractivity contribution in [2.75, 3.05) is 37.7 Å². The van der Waals surface area contributed by atoms with E-state index in [0.29, 0.717) is 49.1 Å². The number of ether oxygens (including phenoxy) is 1. The second-order valence-electron chi connectivity index (χ2n) is 8.32. The van der Waals surface area contributed by atoms with Gasteiger partial charge in [0.05, 0.1) is 31.1 Å². The van der Waals surface area contributed by atoms with E-state index in [0.717, 1.165) is 17.9 Å². The minimum atomic E-state index is -0.0981. The number of amides is 1. The lowest BCUT2D eigenvalue weighted by Gasteiger charge is -2.31. The van der Waals surface area contributed by atoms with Crippen LogP contribution in [-0.2, 0) is 4.74 Å². The second kappa shape index (κ2) is 7.77. The van der Waals surface area contributed by atoms with Gasteiger partial charge in [-0.3, -0.25) is 4.79 Å². The van der Waals surface area contributed by atoms with Crippen LogP contribution >= 0.6 is 0 Å². The van der Waals surface area contributed by atoms with Gasteiger partial charge in [-0.25, -0.2) is 14.6 Å². The van der Waals surface area contributed by atoms with E-state index in [4.69, 9.17) is 9.26 Å². The first-order valence-corrected chi connectivity index (χ1v) is 10.4. The van der Waals surface area contributed by atoms with E-state index in [1.807, 2.05) is 24.1 Å². The van der Waals surface area contributed by atoms with E-state index in [1.54, 1.807) is 31.1 Å². The number of aryl methyl sites for hydroxylation is 3. The van der Waals surface area contributed by atoms with Crippen molar-refractivity contribution in [3.05, 3.63) is 47.4 Å². The van der Waals surface area contributed by atoms with E-state index < -0.39 is 0 Å². The number of carbonyl (C=O) groups is 1. The molecule has 0 aromatic carbocycles. The van der Waals surface area contributed by atoms with Crippen LogP contribution in [0.1, 0.15) is 27.4 Å². The molecule has 162 valence electrons. The normalized spacial score (nSPS) is 21.3. The zero-order valence-electron chi connectivity index (χ0n) is 17.9. The number of fused-ring (bicyclic) bond motifs is 3. The number of carbonyl (C=O) groups excluding carboxylic acids is 1. The number of nitrogens with zero attached hydrogens (tertiary/aromatic N) is 7. The lowest BCUT2D eigenvalue weighted by molar-refractivity contribution is 0.0609. The summed E-state index contributed by atoms with van der Waals surface area (Å²) in [5.41, 5.74) is 2.24. The summed E-state index contributed by atoms with van der Waals surface area (Å²) in [5, 5.41) is 8.30. The summed E-state index contributed by atoms with van der Waals surface area (Å²) in [5.74, 6) is 2.21. The summed E-state index contributed by atoms with van der Waals surface area (Å²) >= 11 is 0. The Morgan fingerprint density at radius 3 is 2.68 bits per heavy atom. The fourth-order valence-electron chi connectivity index (χ4n) is 4.38. The van der Waals surface area contributed by atoms with Gasteiger partial charge in [-0.15, -0.1) is 0 Å². The van der Waals surface area contributed by atoms with Crippen molar-refractivity contribution in [3.8, 4) is 5.82 Å². The highest BCUT2D eigenvalue weighted by atomic mass is 16.5. The zero-order valence-corrected chi connectivity index (χ0v) is 17.9. The molecule has 0 radical (unpaired) electrons. The SMILES string of the molecule is Cc1cnn(-c2cc(N3C[C@@H]4COC[C@H](C3)N(C(=O)c3c(C)noc3C)C4)ncn2)c1. The maximum atomic E-state index is 13.4. The van der Waals surface area contributed by atoms with Crippen LogP contribution in [-0.4, -0.2) is 74.6 Å². The van der Waals surface area contributed by atoms with E-state index in [9.17, 15) is 4.79 Å². The largest absolute Gasteiger partial charge is 0.379 e. The number of hydrogen-bond acceptors (Lipinski definition) is 8. The van der Waals surface area contributed by atoms with Crippen molar-refractivity contribution in [2.24, 2.45) is 5.92 Å². The molecular weight excluding hydrogens is 398 g/mol. The van der Waals surface area contributed by atoms with Crippen LogP contribution in [0.5, 0.6) is 0 Å². The van der Waals surface area contributed by atoms with E-state index in [1.165, 1.54) is 0 Å². The minimum absolute atomic E-state index is 0.0472. The second-order valence-corrected chi connectivity index (χ2v) is 8.32. The van der Waals surface area contributed by atoms with Crippen LogP contribution in [0.15, 0.2) is 29.3 Å². The van der Waals surface area contributed by atoms with Crippen LogP contribution in [0.3, 0.4) is 0 Å². The Bertz CT molecular complexity index is 1090. The molecule has 10 nitrogen and oxygen atoms in total. The minimum Gasteiger partial charge on any atom is -0.379 e. The van der Waals surface area contributed by atoms with Gasteiger partial charge in [0.2, 0.25) is 0 Å². The van der Waals surface area contributed by atoms with Gasteiger partial charge < -0.3 is 19.1 Å². The van der Waals surface area contributed by atoms with Gasteiger partial charge in [0.15, 0.2) is 5.82 Å². The summed E-state index contributed by atoms with van der Waals surface area (Å²) < 4.78 is 12.9. The molecule has 2 aliphatic heterocycles. The molecule has 5 rings (SSSR count). The van der Waals surface area contributed by atoms with Gasteiger partial charge >= 0.3 is 0 Å². The predicted octanol–water partition coefficient (Wildman–Crippen LogP) is 1.55. The first kappa shape index (κ1) is 19.7. The predicted molar refractivity (Wildman–Crippen MR) is 111 cm³/mol. The first-order valence-electron chi connectivity index (χ1n) is 10.4. The molecular formula is C21H25N7O3. The van der Waals surface area contributed by atoms with Gasteiger partial charge in [-0.2, -0.15) is 5.10 Å². The summed E-state index contributed by atoms with van der Waals surface area (Å²) in [4.78, 5) is 26.4. The van der Waals surface area contributed by atoms with Crippen LogP contribution in [0, 0.1) is 26.7 Å². The Morgan fingerprint density at radius 2 is 1.94 bits per heavy atom. The molecule has 0 spiro atoms. The average molecular weight is 423 g/mol. The highest BCUT2D eigenvalue weighted by molar-refractivity contribution is 5.96. The molecule has 10 heteroatoms. The third-order valence-corrected chi connectivity index (χ3v) is 5.89. The van der Waals surface area contributed by atoms with E-state index in [2.05, 4.69) is 25.1 Å². The van der Waals surface area contributed by atoms with Crippen LogP contribution in [0.4, 0.5) is 5.82 Å². The number of anilines is 1. The summed E-state index contributed by atoms with van der Waals surface area (Å²) in [6.45, 7) is 8.66. The number of rotatable bonds is 3. The average Bonchev–Trinajstić information content (AvgIpc) is 3.19. The molecule has 3 aromatic rings. The van der Waals surface area contributed by atoms with E-state index >= 15 is 0 Å². The lowest BCUT2D eigenvalue weighted by atomic mass is 10.1. The molecule has 31 heavy (non-hydrogen) atoms. The van der Waals surface area contributed by atoms with E-state index in [-0.39, 0.29) is 17.9 Å². The van der Waals surface area contributed by atoms with Gasteiger partial charge in [0.25, 0.3) is 5.91 Å². The summed E-state index contributed by atoms with van der Waals surface area (Å²) in [6.07, 6.45) is 5.29. The van der Waals surface area contributed by atoms with Gasteiger partial charge in [-0.1, -0.05) is 5.16 Å². The van der Waals surface area contributed by atoms with Crippen molar-refractivity contribution in [1.29, 1.82) is 0 Å². The third-order valence-electron chi connectivity index (χ3n) is 5.89. The van der Waals surface area contributed by atoms with Gasteiger partial charge in [0, 0.05) is 37.8 Å². The Morgan fingerprint density at radius 1 is 1.10 bits per heavy atom. The molecule has 0 aliphatic carbocycles. The topological polar surface area (TPSA) is 102 Å². The van der Waals surface area contributed by atoms with Gasteiger partial charge in [-0.05, 0) is 26.3 Å². The number of hydrogen-bond donors (Lipinski definition) is 0. The smallest absolute Gasteiger partial charge is 0.259 e. The molecule has 0 unspecified atom stereocenters. The molecule has 0 N–H and O–H groups in total. The Balaban J connectivity index is 1.43. The highest BCUT2D eigenvalue weighted by Gasteiger charge is 2.38. The van der Waals surface area contributed by atoms with Crippen LogP contribution in [0.2, 0.25) is 0 Å². The molecule has 2 fully saturated rings. The zero-order chi connectivity index (χ0) is 21.5. The molecule has 3 aromatic heterocycles. The highest BCUT2D eigenvalue weighted by Crippen LogP contribution is 2.26. The third kappa shape index (κ3) is 3.67. The molecule has 2 bridgehead atoms. The Hall–Kier alpha value is -3.27. The van der Waals surface area contributed by atoms with Crippen molar-refractivity contribution in [1.82, 2.24) is 29.8 Å². The number of aromatic nitrogens is 5. The summed E-state index contributed by atoms with van der Waals surface area (Å²) in [7, 11) is 0. The van der Waals surface area contributed by atoms with Crippen molar-refractivity contribution in [2.45, 2.75) is 26.8 Å². The molecule has 1 amide bonds. The monoisotopic (exact) mass is 423 g/mol. The van der Waals surface area contributed by atoms with Crippen molar-refractivity contribution < 1.29 is 14.1 Å². The quantitative estimate of drug-likeness (QED) is 0.625. The van der Waals surface area contributed by atoms with Gasteiger partial charge in [0.1, 0.15) is 23.5 Å².